The molecule has 1 fully saturated rings. The van der Waals surface area contributed by atoms with E-state index < -0.39 is 0 Å². The number of piperidine rings is 1. The van der Waals surface area contributed by atoms with E-state index in [1.165, 1.54) is 0 Å². The molecule has 6 heteroatoms. The molecule has 0 aliphatic carbocycles. The quantitative estimate of drug-likeness (QED) is 0.938. The van der Waals surface area contributed by atoms with Crippen LogP contribution in [0.15, 0.2) is 36.4 Å². The molecule has 23 heavy (non-hydrogen) atoms. The van der Waals surface area contributed by atoms with Gasteiger partial charge in [0.1, 0.15) is 0 Å². The van der Waals surface area contributed by atoms with Crippen LogP contribution in [0.1, 0.15) is 29.0 Å². The smallest absolute Gasteiger partial charge is 0.274 e. The first-order valence-corrected chi connectivity index (χ1v) is 7.77. The molecule has 1 N–H and O–H groups in total. The van der Waals surface area contributed by atoms with Gasteiger partial charge in [0.2, 0.25) is 0 Å². The first kappa shape index (κ1) is 17.5. The second kappa shape index (κ2) is 7.62. The van der Waals surface area contributed by atoms with Crippen molar-refractivity contribution in [2.75, 3.05) is 20.1 Å². The molecule has 2 heterocycles. The predicted octanol–water partition coefficient (Wildman–Crippen LogP) is 2.43. The lowest BCUT2D eigenvalue weighted by atomic mass is 10.1. The van der Waals surface area contributed by atoms with Crippen molar-refractivity contribution < 1.29 is 4.79 Å². The fourth-order valence-electron chi connectivity index (χ4n) is 2.94. The van der Waals surface area contributed by atoms with Crippen LogP contribution in [0, 0.1) is 6.92 Å². The van der Waals surface area contributed by atoms with Crippen LogP contribution in [0.2, 0.25) is 0 Å². The average molecular weight is 335 g/mol. The lowest BCUT2D eigenvalue weighted by Crippen LogP contribution is -2.44. The van der Waals surface area contributed by atoms with Crippen LogP contribution in [0.5, 0.6) is 0 Å². The van der Waals surface area contributed by atoms with Crippen molar-refractivity contribution in [2.45, 2.75) is 25.8 Å². The molecule has 2 aromatic rings. The Bertz CT molecular complexity index is 648. The largest absolute Gasteiger partial charge is 0.337 e. The molecule has 0 spiro atoms. The average Bonchev–Trinajstić information content (AvgIpc) is 2.97. The summed E-state index contributed by atoms with van der Waals surface area (Å²) < 4.78 is 1.83. The fraction of sp³-hybridized carbons (Fsp3) is 0.412. The van der Waals surface area contributed by atoms with Crippen molar-refractivity contribution >= 4 is 18.3 Å². The fourth-order valence-corrected chi connectivity index (χ4v) is 2.94. The third-order valence-electron chi connectivity index (χ3n) is 4.30. The third-order valence-corrected chi connectivity index (χ3v) is 4.30. The Hall–Kier alpha value is -1.85. The van der Waals surface area contributed by atoms with E-state index in [-0.39, 0.29) is 18.3 Å². The van der Waals surface area contributed by atoms with Crippen LogP contribution < -0.4 is 5.32 Å². The van der Waals surface area contributed by atoms with E-state index >= 15 is 0 Å². The monoisotopic (exact) mass is 334 g/mol. The highest BCUT2D eigenvalue weighted by atomic mass is 35.5. The summed E-state index contributed by atoms with van der Waals surface area (Å²) in [4.78, 5) is 14.5. The van der Waals surface area contributed by atoms with Crippen LogP contribution in [-0.2, 0) is 0 Å². The van der Waals surface area contributed by atoms with Crippen molar-refractivity contribution in [3.8, 4) is 5.69 Å². The van der Waals surface area contributed by atoms with E-state index in [0.29, 0.717) is 11.7 Å². The summed E-state index contributed by atoms with van der Waals surface area (Å²) in [6.45, 7) is 3.56. The van der Waals surface area contributed by atoms with Gasteiger partial charge in [0.05, 0.1) is 5.69 Å². The van der Waals surface area contributed by atoms with E-state index in [1.807, 2.05) is 60.0 Å². The van der Waals surface area contributed by atoms with Crippen LogP contribution in [-0.4, -0.2) is 46.8 Å². The normalized spacial score (nSPS) is 15.3. The molecular weight excluding hydrogens is 312 g/mol. The zero-order chi connectivity index (χ0) is 15.5. The number of aromatic nitrogens is 2. The predicted molar refractivity (Wildman–Crippen MR) is 93.5 cm³/mol. The number of nitrogens with one attached hydrogen (secondary N) is 1. The number of amides is 1. The third kappa shape index (κ3) is 3.74. The lowest BCUT2D eigenvalue weighted by molar-refractivity contribution is 0.0701. The maximum atomic E-state index is 12.6. The van der Waals surface area contributed by atoms with E-state index in [0.717, 1.165) is 37.3 Å². The summed E-state index contributed by atoms with van der Waals surface area (Å²) >= 11 is 0. The summed E-state index contributed by atoms with van der Waals surface area (Å²) in [6.07, 6.45) is 2.00. The summed E-state index contributed by atoms with van der Waals surface area (Å²) in [7, 11) is 1.98. The minimum absolute atomic E-state index is 0. The van der Waals surface area contributed by atoms with Gasteiger partial charge in [-0.1, -0.05) is 18.2 Å². The van der Waals surface area contributed by atoms with Crippen molar-refractivity contribution in [3.63, 3.8) is 0 Å². The van der Waals surface area contributed by atoms with Gasteiger partial charge in [-0.25, -0.2) is 4.68 Å². The zero-order valence-electron chi connectivity index (χ0n) is 13.5. The Morgan fingerprint density at radius 2 is 1.87 bits per heavy atom. The molecule has 1 saturated heterocycles. The lowest BCUT2D eigenvalue weighted by Gasteiger charge is -2.31. The molecule has 1 aromatic carbocycles. The van der Waals surface area contributed by atoms with Crippen LogP contribution in [0.4, 0.5) is 0 Å². The Morgan fingerprint density at radius 3 is 2.48 bits per heavy atom. The molecular formula is C17H23ClN4O. The molecule has 3 rings (SSSR count). The van der Waals surface area contributed by atoms with Crippen molar-refractivity contribution in [1.29, 1.82) is 0 Å². The number of carbonyl (C=O) groups is 1. The molecule has 0 bridgehead atoms. The Kier molecular flexibility index (Phi) is 5.80. The molecule has 1 aliphatic heterocycles. The van der Waals surface area contributed by atoms with Gasteiger partial charge in [-0.05, 0) is 45.0 Å². The maximum Gasteiger partial charge on any atom is 0.274 e. The number of para-hydroxylation sites is 1. The number of aryl methyl sites for hydroxylation is 1. The number of carbonyl (C=O) groups excluding carboxylic acids is 1. The first-order chi connectivity index (χ1) is 10.7. The summed E-state index contributed by atoms with van der Waals surface area (Å²) in [5, 5.41) is 7.78. The highest BCUT2D eigenvalue weighted by Crippen LogP contribution is 2.16. The SMILES string of the molecule is CNC1CCN(C(=O)c2cc(C)n(-c3ccccc3)n2)CC1.Cl. The first-order valence-electron chi connectivity index (χ1n) is 7.77. The van der Waals surface area contributed by atoms with E-state index in [9.17, 15) is 4.79 Å². The van der Waals surface area contributed by atoms with Gasteiger partial charge in [-0.2, -0.15) is 5.10 Å². The van der Waals surface area contributed by atoms with E-state index in [4.69, 9.17) is 0 Å². The van der Waals surface area contributed by atoms with Gasteiger partial charge >= 0.3 is 0 Å². The maximum absolute atomic E-state index is 12.6. The second-order valence-electron chi connectivity index (χ2n) is 5.77. The number of halogens is 1. The van der Waals surface area contributed by atoms with Gasteiger partial charge < -0.3 is 10.2 Å². The van der Waals surface area contributed by atoms with Gasteiger partial charge in [-0.3, -0.25) is 4.79 Å². The highest BCUT2D eigenvalue weighted by Gasteiger charge is 2.24. The van der Waals surface area contributed by atoms with Crippen LogP contribution in [0.25, 0.3) is 5.69 Å². The number of likely N-dealkylation sites (tertiary alicyclic amines) is 1. The zero-order valence-corrected chi connectivity index (χ0v) is 14.3. The summed E-state index contributed by atoms with van der Waals surface area (Å²) in [5.74, 6) is 0.0346. The molecule has 1 aromatic heterocycles. The molecule has 0 atom stereocenters. The van der Waals surface area contributed by atoms with Gasteiger partial charge in [0, 0.05) is 24.8 Å². The van der Waals surface area contributed by atoms with Crippen molar-refractivity contribution in [3.05, 3.63) is 47.8 Å². The second-order valence-corrected chi connectivity index (χ2v) is 5.77. The molecule has 124 valence electrons. The molecule has 0 unspecified atom stereocenters. The van der Waals surface area contributed by atoms with Crippen LogP contribution >= 0.6 is 12.4 Å². The number of hydrogen-bond donors (Lipinski definition) is 1. The number of hydrogen-bond acceptors (Lipinski definition) is 3. The summed E-state index contributed by atoms with van der Waals surface area (Å²) in [6, 6.07) is 12.3. The number of benzene rings is 1. The van der Waals surface area contributed by atoms with Gasteiger partial charge in [0.25, 0.3) is 5.91 Å². The standard InChI is InChI=1S/C17H22N4O.ClH/c1-13-12-16(19-21(13)15-6-4-3-5-7-15)17(22)20-10-8-14(18-2)9-11-20;/h3-7,12,14,18H,8-11H2,1-2H3;1H. The molecule has 0 saturated carbocycles. The molecule has 5 nitrogen and oxygen atoms in total. The molecule has 0 radical (unpaired) electrons. The minimum Gasteiger partial charge on any atom is -0.337 e. The Labute approximate surface area is 143 Å². The Balaban J connectivity index is 0.00000192. The summed E-state index contributed by atoms with van der Waals surface area (Å²) in [5.41, 5.74) is 2.48. The van der Waals surface area contributed by atoms with Gasteiger partial charge in [-0.15, -0.1) is 12.4 Å². The Morgan fingerprint density at radius 1 is 1.22 bits per heavy atom. The molecule has 1 amide bonds. The number of nitrogens with zero attached hydrogens (tertiary/aromatic N) is 3. The minimum atomic E-state index is 0. The molecule has 1 aliphatic rings. The van der Waals surface area contributed by atoms with Crippen molar-refractivity contribution in [1.82, 2.24) is 20.0 Å². The number of rotatable bonds is 3. The van der Waals surface area contributed by atoms with E-state index in [2.05, 4.69) is 10.4 Å². The highest BCUT2D eigenvalue weighted by molar-refractivity contribution is 5.92. The van der Waals surface area contributed by atoms with Crippen LogP contribution in [0.3, 0.4) is 0 Å². The van der Waals surface area contributed by atoms with Gasteiger partial charge in [0.15, 0.2) is 5.69 Å². The van der Waals surface area contributed by atoms with E-state index in [1.54, 1.807) is 0 Å². The topological polar surface area (TPSA) is 50.2 Å². The van der Waals surface area contributed by atoms with Crippen molar-refractivity contribution in [2.24, 2.45) is 0 Å².